The van der Waals surface area contributed by atoms with Crippen molar-refractivity contribution in [2.75, 3.05) is 9.80 Å². The van der Waals surface area contributed by atoms with Gasteiger partial charge in [-0.3, -0.25) is 0 Å². The number of pyridine rings is 1. The summed E-state index contributed by atoms with van der Waals surface area (Å²) in [5.41, 5.74) is 5.76. The van der Waals surface area contributed by atoms with E-state index in [9.17, 15) is 0 Å². The Bertz CT molecular complexity index is 1560. The van der Waals surface area contributed by atoms with Crippen LogP contribution in [0.15, 0.2) is 109 Å². The van der Waals surface area contributed by atoms with Crippen molar-refractivity contribution in [3.05, 3.63) is 128 Å². The zero-order valence-corrected chi connectivity index (χ0v) is 28.4. The van der Waals surface area contributed by atoms with Crippen LogP contribution in [-0.2, 0) is 20.1 Å². The van der Waals surface area contributed by atoms with Crippen LogP contribution in [0.25, 0.3) is 22.0 Å². The minimum Gasteiger partial charge on any atom is -0.499 e. The summed E-state index contributed by atoms with van der Waals surface area (Å²) in [6, 6.07) is 42.3. The normalized spacial score (nSPS) is 15.5. The van der Waals surface area contributed by atoms with Crippen molar-refractivity contribution in [1.82, 2.24) is 4.98 Å². The summed E-state index contributed by atoms with van der Waals surface area (Å²) >= 11 is 0. The molecule has 2 unspecified atom stereocenters. The topological polar surface area (TPSA) is 59.8 Å². The molecule has 2 atom stereocenters. The molecular weight excluding hydrogens is 735 g/mol. The molecule has 5 aromatic rings. The average Bonchev–Trinajstić information content (AvgIpc) is 3.46. The van der Waals surface area contributed by atoms with Gasteiger partial charge in [0.05, 0.1) is 12.2 Å². The minimum absolute atomic E-state index is 0. The number of aliphatic hydroxyl groups excluding tert-OH is 2. The van der Waals surface area contributed by atoms with Crippen molar-refractivity contribution >= 4 is 27.8 Å². The summed E-state index contributed by atoms with van der Waals surface area (Å²) in [4.78, 5) is 9.20. The molecule has 234 valence electrons. The summed E-state index contributed by atoms with van der Waals surface area (Å²) in [5, 5.41) is 19.5. The molecule has 5 nitrogen and oxygen atoms in total. The first-order valence-electron chi connectivity index (χ1n) is 15.7. The van der Waals surface area contributed by atoms with Gasteiger partial charge >= 0.3 is 20.1 Å². The number of para-hydroxylation sites is 3. The maximum Gasteiger partial charge on any atom is 3.00 e. The predicted molar refractivity (Wildman–Crippen MR) is 182 cm³/mol. The van der Waals surface area contributed by atoms with Crippen molar-refractivity contribution < 1.29 is 30.3 Å². The molecule has 0 radical (unpaired) electrons. The van der Waals surface area contributed by atoms with Gasteiger partial charge in [-0.25, -0.2) is 0 Å². The first-order chi connectivity index (χ1) is 21.5. The monoisotopic (exact) mass is 777 g/mol. The number of nitrogens with zero attached hydrogens (tertiary/aromatic N) is 3. The summed E-state index contributed by atoms with van der Waals surface area (Å²) in [7, 11) is 0. The van der Waals surface area contributed by atoms with Crippen LogP contribution in [0.3, 0.4) is 0 Å². The van der Waals surface area contributed by atoms with E-state index in [1.165, 1.54) is 54.3 Å². The number of aliphatic hydroxyl groups is 2. The van der Waals surface area contributed by atoms with Crippen molar-refractivity contribution in [2.24, 2.45) is 0 Å². The minimum atomic E-state index is -0.375. The van der Waals surface area contributed by atoms with Gasteiger partial charge < -0.3 is 25.0 Å². The molecule has 1 saturated carbocycles. The van der Waals surface area contributed by atoms with Crippen LogP contribution in [0.5, 0.6) is 0 Å². The van der Waals surface area contributed by atoms with Crippen LogP contribution >= 0.6 is 0 Å². The number of aromatic nitrogens is 1. The summed E-state index contributed by atoms with van der Waals surface area (Å²) in [6.45, 7) is 5.59. The average molecular weight is 777 g/mol. The van der Waals surface area contributed by atoms with E-state index in [1.54, 1.807) is 13.8 Å². The molecule has 2 N–H and O–H groups in total. The van der Waals surface area contributed by atoms with Gasteiger partial charge in [0.15, 0.2) is 0 Å². The fourth-order valence-corrected chi connectivity index (χ4v) is 5.88. The van der Waals surface area contributed by atoms with Crippen LogP contribution in [-0.4, -0.2) is 33.4 Å². The first-order valence-corrected chi connectivity index (χ1v) is 15.7. The van der Waals surface area contributed by atoms with E-state index in [4.69, 9.17) is 10.2 Å². The Kier molecular flexibility index (Phi) is 13.1. The van der Waals surface area contributed by atoms with E-state index in [0.717, 1.165) is 16.9 Å². The largest absolute Gasteiger partial charge is 3.00 e. The number of benzene rings is 4. The number of rotatable bonds is 5. The fourth-order valence-electron chi connectivity index (χ4n) is 5.88. The van der Waals surface area contributed by atoms with Crippen molar-refractivity contribution in [3.63, 3.8) is 0 Å². The van der Waals surface area contributed by atoms with Crippen molar-refractivity contribution in [3.8, 4) is 11.3 Å². The van der Waals surface area contributed by atoms with Crippen LogP contribution in [0.1, 0.15) is 52.4 Å². The van der Waals surface area contributed by atoms with Gasteiger partial charge in [0.2, 0.25) is 0 Å². The van der Waals surface area contributed by atoms with Gasteiger partial charge in [-0.2, -0.15) is 37.0 Å². The van der Waals surface area contributed by atoms with Gasteiger partial charge in [0, 0.05) is 23.6 Å². The zero-order chi connectivity index (χ0) is 30.7. The van der Waals surface area contributed by atoms with E-state index in [0.29, 0.717) is 12.5 Å². The number of hydrogen-bond acceptors (Lipinski definition) is 5. The quantitative estimate of drug-likeness (QED) is 0.175. The Balaban J connectivity index is 0.000000171. The third-order valence-electron chi connectivity index (χ3n) is 7.90. The molecule has 4 aromatic carbocycles. The van der Waals surface area contributed by atoms with Gasteiger partial charge in [-0.1, -0.05) is 55.7 Å². The molecule has 2 heterocycles. The zero-order valence-electron chi connectivity index (χ0n) is 26.0. The summed E-state index contributed by atoms with van der Waals surface area (Å²) in [6.07, 6.45) is 8.28. The second-order valence-electron chi connectivity index (χ2n) is 11.5. The maximum absolute atomic E-state index is 8.56. The van der Waals surface area contributed by atoms with E-state index >= 15 is 0 Å². The van der Waals surface area contributed by atoms with E-state index in [1.807, 2.05) is 60.8 Å². The molecule has 1 fully saturated rings. The molecule has 1 aliphatic heterocycles. The molecule has 0 bridgehead atoms. The second kappa shape index (κ2) is 17.2. The molecule has 0 spiro atoms. The Morgan fingerprint density at radius 3 is 2.07 bits per heavy atom. The van der Waals surface area contributed by atoms with E-state index in [2.05, 4.69) is 82.1 Å². The third kappa shape index (κ3) is 9.24. The van der Waals surface area contributed by atoms with Crippen LogP contribution in [0, 0.1) is 18.8 Å². The predicted octanol–water partition coefficient (Wildman–Crippen LogP) is 8.73. The van der Waals surface area contributed by atoms with Crippen molar-refractivity contribution in [2.45, 2.75) is 70.6 Å². The second-order valence-corrected chi connectivity index (χ2v) is 11.5. The van der Waals surface area contributed by atoms with Gasteiger partial charge in [0.1, 0.15) is 0 Å². The molecule has 6 heteroatoms. The first kappa shape index (κ1) is 34.3. The van der Waals surface area contributed by atoms with Crippen LogP contribution in [0.2, 0.25) is 0 Å². The van der Waals surface area contributed by atoms with E-state index in [-0.39, 0.29) is 32.3 Å². The Morgan fingerprint density at radius 1 is 0.778 bits per heavy atom. The molecule has 45 heavy (non-hydrogen) atoms. The number of anilines is 3. The Labute approximate surface area is 281 Å². The molecule has 1 aromatic heterocycles. The summed E-state index contributed by atoms with van der Waals surface area (Å²) < 4.78 is 0. The summed E-state index contributed by atoms with van der Waals surface area (Å²) in [5.74, 6) is 0. The number of fused-ring (bicyclic) bond motifs is 2. The third-order valence-corrected chi connectivity index (χ3v) is 7.90. The molecule has 2 aliphatic rings. The van der Waals surface area contributed by atoms with Crippen molar-refractivity contribution in [1.29, 1.82) is 0 Å². The SMILES string of the molecule is CC(O)CC(C)O.[Ir+3].[c-]1ccccc1-c1nccc2ccccc12.[c-]1ccccc1N1[CH-]N(C2CCCCC2)c2ccccc21. The Morgan fingerprint density at radius 2 is 1.42 bits per heavy atom. The van der Waals surface area contributed by atoms with Crippen LogP contribution in [0.4, 0.5) is 17.1 Å². The molecule has 0 amide bonds. The molecule has 0 saturated heterocycles. The molecular formula is C39H42IrN3O2. The number of hydrogen-bond donors (Lipinski definition) is 2. The molecule has 7 rings (SSSR count). The Hall–Kier alpha value is -3.54. The van der Waals surface area contributed by atoms with Crippen LogP contribution < -0.4 is 9.80 Å². The smallest absolute Gasteiger partial charge is 0.499 e. The fraction of sp³-hybridized carbons (Fsp3) is 0.282. The van der Waals surface area contributed by atoms with E-state index < -0.39 is 0 Å². The standard InChI is InChI=1S/C19H20N2.C15H10N.C5H12O2.Ir/c1-3-9-16(10-4-1)20-15-21(17-11-5-2-6-12-17)19-14-8-7-13-18(19)20;1-2-7-13(8-3-1)15-14-9-5-4-6-12(14)10-11-16-15;1-4(6)3-5(2)7;/h1,3-4,7-9,13-15,17H,2,5-6,11-12H2;1-7,9-11H;4-7H,3H2,1-2H3;/q-2;-1;;+3. The molecule has 1 aliphatic carbocycles. The van der Waals surface area contributed by atoms with Gasteiger partial charge in [-0.15, -0.1) is 41.6 Å². The van der Waals surface area contributed by atoms with Gasteiger partial charge in [-0.05, 0) is 67.8 Å². The van der Waals surface area contributed by atoms with Gasteiger partial charge in [0.25, 0.3) is 0 Å². The maximum atomic E-state index is 8.56.